The molecule has 0 N–H and O–H groups in total. The van der Waals surface area contributed by atoms with E-state index in [4.69, 9.17) is 16.6 Å². The molecule has 3 aromatic rings. The number of aromatic nitrogens is 1. The van der Waals surface area contributed by atoms with Gasteiger partial charge in [-0.05, 0) is 43.2 Å². The Bertz CT molecular complexity index is 784. The summed E-state index contributed by atoms with van der Waals surface area (Å²) < 4.78 is 0. The average Bonchev–Trinajstić information content (AvgIpc) is 2.53. The van der Waals surface area contributed by atoms with Crippen molar-refractivity contribution in [2.45, 2.75) is 20.4 Å². The molecule has 0 saturated carbocycles. The molecule has 0 bridgehead atoms. The van der Waals surface area contributed by atoms with E-state index in [9.17, 15) is 0 Å². The summed E-state index contributed by atoms with van der Waals surface area (Å²) in [7, 11) is 0. The van der Waals surface area contributed by atoms with Gasteiger partial charge in [-0.25, -0.2) is 4.98 Å². The number of nitrogens with zero attached hydrogens (tertiary/aromatic N) is 2. The van der Waals surface area contributed by atoms with Gasteiger partial charge in [-0.1, -0.05) is 48.0 Å². The molecule has 2 aromatic carbocycles. The molecule has 0 spiro atoms. The number of pyridine rings is 1. The number of halogens is 1. The molecule has 3 rings (SSSR count). The summed E-state index contributed by atoms with van der Waals surface area (Å²) in [4.78, 5) is 7.09. The number of hydrogen-bond donors (Lipinski definition) is 0. The second-order valence-corrected chi connectivity index (χ2v) is 5.90. The largest absolute Gasteiger partial charge is 0.353 e. The van der Waals surface area contributed by atoms with Gasteiger partial charge in [-0.15, -0.1) is 0 Å². The fourth-order valence-electron chi connectivity index (χ4n) is 2.68. The van der Waals surface area contributed by atoms with Crippen LogP contribution in [0.4, 0.5) is 5.82 Å². The standard InChI is InChI=1S/C19H19ClN2/c1-3-22(13-15-7-5-4-6-8-15)19-11-14(2)17-10-9-16(20)12-18(17)21-19/h4-12H,3,13H2,1-2H3. The lowest BCUT2D eigenvalue weighted by atomic mass is 10.1. The molecule has 1 heterocycles. The topological polar surface area (TPSA) is 16.1 Å². The summed E-state index contributed by atoms with van der Waals surface area (Å²) in [5, 5.41) is 1.88. The molecular weight excluding hydrogens is 292 g/mol. The van der Waals surface area contributed by atoms with Gasteiger partial charge in [-0.3, -0.25) is 0 Å². The summed E-state index contributed by atoms with van der Waals surface area (Å²) in [5.41, 5.74) is 3.46. The van der Waals surface area contributed by atoms with Gasteiger partial charge in [0.1, 0.15) is 5.82 Å². The predicted molar refractivity (Wildman–Crippen MR) is 94.7 cm³/mol. The van der Waals surface area contributed by atoms with Crippen molar-refractivity contribution in [2.24, 2.45) is 0 Å². The average molecular weight is 311 g/mol. The minimum absolute atomic E-state index is 0.725. The van der Waals surface area contributed by atoms with Crippen molar-refractivity contribution >= 4 is 28.3 Å². The molecule has 0 aliphatic heterocycles. The van der Waals surface area contributed by atoms with E-state index in [2.05, 4.69) is 49.1 Å². The lowest BCUT2D eigenvalue weighted by molar-refractivity contribution is 0.816. The second-order valence-electron chi connectivity index (χ2n) is 5.46. The predicted octanol–water partition coefficient (Wildman–Crippen LogP) is 5.22. The zero-order valence-corrected chi connectivity index (χ0v) is 13.6. The van der Waals surface area contributed by atoms with Crippen molar-refractivity contribution in [3.8, 4) is 0 Å². The van der Waals surface area contributed by atoms with E-state index in [0.717, 1.165) is 34.8 Å². The van der Waals surface area contributed by atoms with Crippen LogP contribution in [0.2, 0.25) is 5.02 Å². The van der Waals surface area contributed by atoms with Crippen molar-refractivity contribution < 1.29 is 0 Å². The van der Waals surface area contributed by atoms with Crippen molar-refractivity contribution in [1.82, 2.24) is 4.98 Å². The highest BCUT2D eigenvalue weighted by Crippen LogP contribution is 2.25. The first-order chi connectivity index (χ1) is 10.7. The highest BCUT2D eigenvalue weighted by atomic mass is 35.5. The van der Waals surface area contributed by atoms with E-state index in [0.29, 0.717) is 0 Å². The summed E-state index contributed by atoms with van der Waals surface area (Å²) in [6.45, 7) is 6.04. The van der Waals surface area contributed by atoms with Crippen LogP contribution >= 0.6 is 11.6 Å². The number of benzene rings is 2. The van der Waals surface area contributed by atoms with Crippen LogP contribution in [0.25, 0.3) is 10.9 Å². The maximum absolute atomic E-state index is 6.11. The molecule has 3 heteroatoms. The molecule has 1 aromatic heterocycles. The monoisotopic (exact) mass is 310 g/mol. The van der Waals surface area contributed by atoms with Crippen LogP contribution in [0, 0.1) is 6.92 Å². The minimum atomic E-state index is 0.725. The highest BCUT2D eigenvalue weighted by Gasteiger charge is 2.10. The second kappa shape index (κ2) is 6.37. The third-order valence-corrected chi connectivity index (χ3v) is 4.12. The Kier molecular flexibility index (Phi) is 4.30. The molecule has 0 unspecified atom stereocenters. The molecule has 0 saturated heterocycles. The number of fused-ring (bicyclic) bond motifs is 1. The third kappa shape index (κ3) is 3.07. The lowest BCUT2D eigenvalue weighted by Crippen LogP contribution is -2.23. The van der Waals surface area contributed by atoms with E-state index in [1.807, 2.05) is 24.3 Å². The van der Waals surface area contributed by atoms with Gasteiger partial charge in [0, 0.05) is 23.5 Å². The molecule has 112 valence electrons. The number of hydrogen-bond acceptors (Lipinski definition) is 2. The molecule has 0 aliphatic rings. The number of aryl methyl sites for hydroxylation is 1. The normalized spacial score (nSPS) is 10.9. The van der Waals surface area contributed by atoms with Gasteiger partial charge in [0.2, 0.25) is 0 Å². The summed E-state index contributed by atoms with van der Waals surface area (Å²) in [5.74, 6) is 0.999. The van der Waals surface area contributed by atoms with Crippen LogP contribution in [-0.4, -0.2) is 11.5 Å². The molecular formula is C19H19ClN2. The Morgan fingerprint density at radius 3 is 2.55 bits per heavy atom. The zero-order valence-electron chi connectivity index (χ0n) is 12.9. The number of rotatable bonds is 4. The summed E-state index contributed by atoms with van der Waals surface area (Å²) in [6, 6.07) is 18.5. The maximum Gasteiger partial charge on any atom is 0.129 e. The summed E-state index contributed by atoms with van der Waals surface area (Å²) >= 11 is 6.11. The van der Waals surface area contributed by atoms with Crippen molar-refractivity contribution in [3.05, 3.63) is 70.7 Å². The van der Waals surface area contributed by atoms with E-state index in [1.54, 1.807) is 0 Å². The molecule has 0 fully saturated rings. The van der Waals surface area contributed by atoms with Gasteiger partial charge in [0.25, 0.3) is 0 Å². The van der Waals surface area contributed by atoms with Gasteiger partial charge in [0.05, 0.1) is 5.52 Å². The Hall–Kier alpha value is -2.06. The highest BCUT2D eigenvalue weighted by molar-refractivity contribution is 6.31. The first-order valence-electron chi connectivity index (χ1n) is 7.53. The fourth-order valence-corrected chi connectivity index (χ4v) is 2.84. The van der Waals surface area contributed by atoms with Crippen LogP contribution in [0.5, 0.6) is 0 Å². The van der Waals surface area contributed by atoms with Gasteiger partial charge in [-0.2, -0.15) is 0 Å². The van der Waals surface area contributed by atoms with E-state index >= 15 is 0 Å². The quantitative estimate of drug-likeness (QED) is 0.656. The van der Waals surface area contributed by atoms with Gasteiger partial charge < -0.3 is 4.90 Å². The SMILES string of the molecule is CCN(Cc1ccccc1)c1cc(C)c2ccc(Cl)cc2n1. The van der Waals surface area contributed by atoms with Crippen molar-refractivity contribution in [1.29, 1.82) is 0 Å². The van der Waals surface area contributed by atoms with Crippen LogP contribution < -0.4 is 4.90 Å². The first kappa shape index (κ1) is 14.9. The van der Waals surface area contributed by atoms with Gasteiger partial charge in [0.15, 0.2) is 0 Å². The molecule has 0 aliphatic carbocycles. The third-order valence-electron chi connectivity index (χ3n) is 3.89. The number of anilines is 1. The van der Waals surface area contributed by atoms with Gasteiger partial charge >= 0.3 is 0 Å². The lowest BCUT2D eigenvalue weighted by Gasteiger charge is -2.23. The van der Waals surface area contributed by atoms with E-state index in [-0.39, 0.29) is 0 Å². The fraction of sp³-hybridized carbons (Fsp3) is 0.211. The molecule has 0 atom stereocenters. The Balaban J connectivity index is 2.00. The Labute approximate surface area is 136 Å². The molecule has 22 heavy (non-hydrogen) atoms. The first-order valence-corrected chi connectivity index (χ1v) is 7.91. The van der Waals surface area contributed by atoms with Crippen LogP contribution in [0.1, 0.15) is 18.1 Å². The van der Waals surface area contributed by atoms with Crippen LogP contribution in [0.3, 0.4) is 0 Å². The van der Waals surface area contributed by atoms with E-state index < -0.39 is 0 Å². The zero-order chi connectivity index (χ0) is 15.5. The van der Waals surface area contributed by atoms with E-state index in [1.165, 1.54) is 11.1 Å². The molecule has 2 nitrogen and oxygen atoms in total. The smallest absolute Gasteiger partial charge is 0.129 e. The van der Waals surface area contributed by atoms with Crippen LogP contribution in [-0.2, 0) is 6.54 Å². The maximum atomic E-state index is 6.11. The molecule has 0 amide bonds. The van der Waals surface area contributed by atoms with Crippen molar-refractivity contribution in [2.75, 3.05) is 11.4 Å². The van der Waals surface area contributed by atoms with Crippen molar-refractivity contribution in [3.63, 3.8) is 0 Å². The van der Waals surface area contributed by atoms with Crippen LogP contribution in [0.15, 0.2) is 54.6 Å². The molecule has 0 radical (unpaired) electrons. The Morgan fingerprint density at radius 1 is 1.05 bits per heavy atom. The summed E-state index contributed by atoms with van der Waals surface area (Å²) in [6.07, 6.45) is 0. The minimum Gasteiger partial charge on any atom is -0.353 e. The Morgan fingerprint density at radius 2 is 1.82 bits per heavy atom.